The van der Waals surface area contributed by atoms with Gasteiger partial charge in [-0.05, 0) is 6.92 Å². The number of carbonyl (C=O) groups is 1. The van der Waals surface area contributed by atoms with Crippen LogP contribution in [0.5, 0.6) is 0 Å². The van der Waals surface area contributed by atoms with Crippen molar-refractivity contribution in [3.63, 3.8) is 0 Å². The largest absolute Gasteiger partial charge is 0.359 e. The lowest BCUT2D eigenvalue weighted by Gasteiger charge is -2.18. The van der Waals surface area contributed by atoms with Crippen molar-refractivity contribution in [3.8, 4) is 0 Å². The molecule has 0 aliphatic carbocycles. The third kappa shape index (κ3) is 7.01. The van der Waals surface area contributed by atoms with Crippen LogP contribution in [0.1, 0.15) is 11.3 Å². The molecule has 2 aromatic rings. The number of aliphatic imine (C=N–C) groups is 1. The highest BCUT2D eigenvalue weighted by Gasteiger charge is 2.31. The molecule has 174 valence electrons. The van der Waals surface area contributed by atoms with Gasteiger partial charge in [0.15, 0.2) is 5.82 Å². The summed E-state index contributed by atoms with van der Waals surface area (Å²) in [5.41, 5.74) is 2.13. The van der Waals surface area contributed by atoms with Crippen LogP contribution in [0.15, 0.2) is 46.3 Å². The van der Waals surface area contributed by atoms with Gasteiger partial charge >= 0.3 is 0 Å². The Bertz CT molecular complexity index is 981. The van der Waals surface area contributed by atoms with E-state index in [0.717, 1.165) is 4.57 Å². The molecule has 32 heavy (non-hydrogen) atoms. The Hall–Kier alpha value is -3.54. The second-order valence-electron chi connectivity index (χ2n) is 6.69. The van der Waals surface area contributed by atoms with Crippen LogP contribution in [0.3, 0.4) is 0 Å². The Balaban J connectivity index is 1.93. The minimum atomic E-state index is -3.20. The number of nitrogens with zero attached hydrogens (tertiary/aromatic N) is 3. The number of anilines is 1. The summed E-state index contributed by atoms with van der Waals surface area (Å²) in [7, 11) is 3.24. The fraction of sp³-hybridized carbons (Fsp3) is 0.400. The standard InChI is InChI=1S/C20H27F2N7O3/c1-14-11-26-17(27-13-20(21,22)15-7-5-4-6-8-15)18(31)29(14)12-16(30)25-9-10-32-28-19(23-2)24-3/h4-8,11H,9-10,12-13H2,1-3H3,(H,25,30)(H,26,27)(H2,23,24,28). The third-order valence-electron chi connectivity index (χ3n) is 4.39. The average Bonchev–Trinajstić information content (AvgIpc) is 2.79. The van der Waals surface area contributed by atoms with Gasteiger partial charge in [0.25, 0.3) is 11.5 Å². The first-order chi connectivity index (χ1) is 15.3. The molecule has 0 radical (unpaired) electrons. The monoisotopic (exact) mass is 451 g/mol. The van der Waals surface area contributed by atoms with E-state index in [0.29, 0.717) is 11.7 Å². The molecular weight excluding hydrogens is 424 g/mol. The van der Waals surface area contributed by atoms with Crippen molar-refractivity contribution in [3.05, 3.63) is 58.1 Å². The number of nitrogens with one attached hydrogen (secondary N) is 4. The van der Waals surface area contributed by atoms with Crippen molar-refractivity contribution in [1.29, 1.82) is 0 Å². The molecule has 1 amide bonds. The van der Waals surface area contributed by atoms with Gasteiger partial charge in [-0.1, -0.05) is 30.3 Å². The predicted molar refractivity (Wildman–Crippen MR) is 117 cm³/mol. The van der Waals surface area contributed by atoms with E-state index < -0.39 is 23.9 Å². The number of guanidine groups is 1. The molecule has 10 nitrogen and oxygen atoms in total. The van der Waals surface area contributed by atoms with E-state index in [2.05, 4.69) is 31.4 Å². The minimum absolute atomic E-state index is 0.151. The van der Waals surface area contributed by atoms with Gasteiger partial charge in [-0.2, -0.15) is 8.78 Å². The normalized spacial score (nSPS) is 11.7. The van der Waals surface area contributed by atoms with E-state index in [1.165, 1.54) is 30.5 Å². The van der Waals surface area contributed by atoms with Crippen LogP contribution in [0.4, 0.5) is 14.6 Å². The van der Waals surface area contributed by atoms with E-state index in [-0.39, 0.29) is 31.1 Å². The van der Waals surface area contributed by atoms with Crippen LogP contribution in [-0.2, 0) is 22.1 Å². The van der Waals surface area contributed by atoms with E-state index in [1.54, 1.807) is 27.1 Å². The molecule has 4 N–H and O–H groups in total. The summed E-state index contributed by atoms with van der Waals surface area (Å²) in [6.07, 6.45) is 1.34. The molecule has 0 fully saturated rings. The second-order valence-corrected chi connectivity index (χ2v) is 6.69. The number of amides is 1. The zero-order valence-electron chi connectivity index (χ0n) is 18.1. The summed E-state index contributed by atoms with van der Waals surface area (Å²) in [6, 6.07) is 7.27. The van der Waals surface area contributed by atoms with Gasteiger partial charge in [0, 0.05) is 38.1 Å². The summed E-state index contributed by atoms with van der Waals surface area (Å²) in [4.78, 5) is 37.7. The van der Waals surface area contributed by atoms with Crippen LogP contribution in [0, 0.1) is 6.92 Å². The molecule has 1 aromatic carbocycles. The Morgan fingerprint density at radius 1 is 1.28 bits per heavy atom. The average molecular weight is 451 g/mol. The fourth-order valence-electron chi connectivity index (χ4n) is 2.64. The maximum absolute atomic E-state index is 14.4. The smallest absolute Gasteiger partial charge is 0.293 e. The molecule has 12 heteroatoms. The van der Waals surface area contributed by atoms with E-state index in [9.17, 15) is 18.4 Å². The lowest BCUT2D eigenvalue weighted by atomic mass is 10.1. The molecule has 0 atom stereocenters. The summed E-state index contributed by atoms with van der Waals surface area (Å²) >= 11 is 0. The van der Waals surface area contributed by atoms with Crippen molar-refractivity contribution in [2.75, 3.05) is 39.1 Å². The molecule has 0 aliphatic rings. The highest BCUT2D eigenvalue weighted by molar-refractivity contribution is 5.78. The first-order valence-corrected chi connectivity index (χ1v) is 9.81. The van der Waals surface area contributed by atoms with Gasteiger partial charge in [0.05, 0.1) is 13.2 Å². The van der Waals surface area contributed by atoms with Crippen LogP contribution < -0.4 is 27.0 Å². The van der Waals surface area contributed by atoms with Gasteiger partial charge in [0.1, 0.15) is 6.54 Å². The zero-order valence-corrected chi connectivity index (χ0v) is 18.1. The number of rotatable bonds is 10. The van der Waals surface area contributed by atoms with E-state index in [4.69, 9.17) is 4.84 Å². The van der Waals surface area contributed by atoms with E-state index >= 15 is 0 Å². The van der Waals surface area contributed by atoms with Crippen molar-refractivity contribution in [1.82, 2.24) is 25.7 Å². The number of aryl methyl sites for hydroxylation is 1. The number of hydroxylamine groups is 1. The lowest BCUT2D eigenvalue weighted by Crippen LogP contribution is -2.39. The molecule has 1 heterocycles. The quantitative estimate of drug-likeness (QED) is 0.181. The second kappa shape index (κ2) is 11.7. The number of benzene rings is 1. The summed E-state index contributed by atoms with van der Waals surface area (Å²) in [6.45, 7) is 0.829. The summed E-state index contributed by atoms with van der Waals surface area (Å²) in [5.74, 6) is -3.48. The van der Waals surface area contributed by atoms with Crippen molar-refractivity contribution >= 4 is 17.7 Å². The molecule has 2 rings (SSSR count). The van der Waals surface area contributed by atoms with E-state index in [1.807, 2.05) is 0 Å². The Labute approximate surface area is 184 Å². The van der Waals surface area contributed by atoms with Crippen LogP contribution >= 0.6 is 0 Å². The Kier molecular flexibility index (Phi) is 9.08. The molecule has 0 aliphatic heterocycles. The molecule has 0 spiro atoms. The van der Waals surface area contributed by atoms with Crippen LogP contribution in [0.2, 0.25) is 0 Å². The van der Waals surface area contributed by atoms with Crippen molar-refractivity contribution < 1.29 is 18.4 Å². The highest BCUT2D eigenvalue weighted by Crippen LogP contribution is 2.27. The highest BCUT2D eigenvalue weighted by atomic mass is 19.3. The lowest BCUT2D eigenvalue weighted by molar-refractivity contribution is -0.122. The van der Waals surface area contributed by atoms with Gasteiger partial charge in [-0.25, -0.2) is 10.5 Å². The Morgan fingerprint density at radius 2 is 2.00 bits per heavy atom. The summed E-state index contributed by atoms with van der Waals surface area (Å²) in [5, 5.41) is 7.77. The maximum atomic E-state index is 14.4. The van der Waals surface area contributed by atoms with Crippen molar-refractivity contribution in [2.24, 2.45) is 4.99 Å². The molecule has 0 bridgehead atoms. The number of hydrogen-bond acceptors (Lipinski definition) is 6. The van der Waals surface area contributed by atoms with Crippen LogP contribution in [0.25, 0.3) is 0 Å². The zero-order chi connectivity index (χ0) is 23.6. The van der Waals surface area contributed by atoms with Gasteiger partial charge in [-0.15, -0.1) is 0 Å². The fourth-order valence-corrected chi connectivity index (χ4v) is 2.64. The SMILES string of the molecule is CN=C(NC)NOCCNC(=O)Cn1c(C)cnc(NCC(F)(F)c2ccccc2)c1=O. The molecular formula is C20H27F2N7O3. The predicted octanol–water partition coefficient (Wildman–Crippen LogP) is 0.598. The number of aromatic nitrogens is 2. The molecule has 1 aromatic heterocycles. The molecule has 0 unspecified atom stereocenters. The topological polar surface area (TPSA) is 122 Å². The third-order valence-corrected chi connectivity index (χ3v) is 4.39. The van der Waals surface area contributed by atoms with Gasteiger partial charge in [-0.3, -0.25) is 24.0 Å². The van der Waals surface area contributed by atoms with Gasteiger partial charge < -0.3 is 16.0 Å². The maximum Gasteiger partial charge on any atom is 0.293 e. The first kappa shape index (κ1) is 24.7. The van der Waals surface area contributed by atoms with Crippen LogP contribution in [-0.4, -0.2) is 55.2 Å². The number of carbonyl (C=O) groups excluding carboxylic acids is 1. The number of hydrogen-bond donors (Lipinski definition) is 4. The summed E-state index contributed by atoms with van der Waals surface area (Å²) < 4.78 is 29.9. The molecule has 0 saturated carbocycles. The van der Waals surface area contributed by atoms with Gasteiger partial charge in [0.2, 0.25) is 11.9 Å². The number of halogens is 2. The number of alkyl halides is 2. The Morgan fingerprint density at radius 3 is 2.66 bits per heavy atom. The molecule has 0 saturated heterocycles. The minimum Gasteiger partial charge on any atom is -0.359 e. The van der Waals surface area contributed by atoms with Crippen molar-refractivity contribution in [2.45, 2.75) is 19.4 Å². The first-order valence-electron chi connectivity index (χ1n) is 9.81.